The van der Waals surface area contributed by atoms with E-state index in [1.807, 2.05) is 31.2 Å². The van der Waals surface area contributed by atoms with Crippen molar-refractivity contribution in [1.82, 2.24) is 10.6 Å². The van der Waals surface area contributed by atoms with Gasteiger partial charge in [-0.25, -0.2) is 0 Å². The van der Waals surface area contributed by atoms with Gasteiger partial charge >= 0.3 is 0 Å². The van der Waals surface area contributed by atoms with Crippen LogP contribution in [0.4, 0.5) is 5.69 Å². The molecule has 0 saturated carbocycles. The number of nitrogens with one attached hydrogen (secondary N) is 2. The van der Waals surface area contributed by atoms with Crippen LogP contribution in [0, 0.1) is 0 Å². The highest BCUT2D eigenvalue weighted by Gasteiger charge is 2.19. The zero-order chi connectivity index (χ0) is 21.5. The minimum absolute atomic E-state index is 0.0945. The molecule has 156 valence electrons. The lowest BCUT2D eigenvalue weighted by Crippen LogP contribution is -2.37. The van der Waals surface area contributed by atoms with Crippen molar-refractivity contribution in [3.05, 3.63) is 88.8 Å². The van der Waals surface area contributed by atoms with Gasteiger partial charge in [-0.3, -0.25) is 9.59 Å². The summed E-state index contributed by atoms with van der Waals surface area (Å²) in [4.78, 5) is 26.9. The number of furan rings is 1. The Labute approximate surface area is 180 Å². The summed E-state index contributed by atoms with van der Waals surface area (Å²) in [5.41, 5.74) is 1.87. The topological polar surface area (TPSA) is 74.6 Å². The summed E-state index contributed by atoms with van der Waals surface area (Å²) in [6.45, 7) is 2.32. The maximum Gasteiger partial charge on any atom is 0.253 e. The van der Waals surface area contributed by atoms with Gasteiger partial charge in [-0.2, -0.15) is 0 Å². The van der Waals surface area contributed by atoms with Gasteiger partial charge < -0.3 is 20.0 Å². The van der Waals surface area contributed by atoms with Crippen LogP contribution in [0.2, 0.25) is 5.02 Å². The quantitative estimate of drug-likeness (QED) is 0.567. The molecule has 2 amide bonds. The van der Waals surface area contributed by atoms with Crippen molar-refractivity contribution in [1.29, 1.82) is 0 Å². The summed E-state index contributed by atoms with van der Waals surface area (Å²) >= 11 is 6.23. The van der Waals surface area contributed by atoms with Crippen LogP contribution in [0.15, 0.2) is 71.3 Å². The van der Waals surface area contributed by atoms with Gasteiger partial charge in [0, 0.05) is 18.1 Å². The highest BCUT2D eigenvalue weighted by Crippen LogP contribution is 2.23. The number of likely N-dealkylation sites (N-methyl/N-ethyl adjacent to an activating group) is 1. The molecule has 7 heteroatoms. The average molecular weight is 426 g/mol. The number of hydrogen-bond acceptors (Lipinski definition) is 4. The number of nitrogens with zero attached hydrogens (tertiary/aromatic N) is 1. The Bertz CT molecular complexity index is 1000. The van der Waals surface area contributed by atoms with Crippen molar-refractivity contribution in [3.63, 3.8) is 0 Å². The van der Waals surface area contributed by atoms with Crippen LogP contribution in [-0.2, 0) is 11.3 Å². The molecule has 1 atom stereocenters. The first-order valence-electron chi connectivity index (χ1n) is 9.61. The van der Waals surface area contributed by atoms with Crippen molar-refractivity contribution >= 4 is 29.1 Å². The molecule has 1 heterocycles. The molecule has 30 heavy (non-hydrogen) atoms. The normalized spacial score (nSPS) is 11.7. The van der Waals surface area contributed by atoms with Crippen LogP contribution in [0.1, 0.15) is 34.6 Å². The lowest BCUT2D eigenvalue weighted by Gasteiger charge is -2.22. The maximum absolute atomic E-state index is 12.8. The molecule has 3 rings (SSSR count). The first-order chi connectivity index (χ1) is 14.5. The molecule has 0 aliphatic heterocycles. The summed E-state index contributed by atoms with van der Waals surface area (Å²) in [6.07, 6.45) is 1.55. The molecule has 0 unspecified atom stereocenters. The molecule has 0 fully saturated rings. The zero-order valence-corrected chi connectivity index (χ0v) is 17.6. The number of carbonyl (C=O) groups is 2. The zero-order valence-electron chi connectivity index (χ0n) is 16.9. The maximum atomic E-state index is 12.8. The van der Waals surface area contributed by atoms with E-state index in [1.165, 1.54) is 4.90 Å². The van der Waals surface area contributed by atoms with E-state index < -0.39 is 0 Å². The predicted molar refractivity (Wildman–Crippen MR) is 118 cm³/mol. The molecule has 3 aromatic rings. The van der Waals surface area contributed by atoms with Crippen LogP contribution in [0.5, 0.6) is 0 Å². The van der Waals surface area contributed by atoms with E-state index in [2.05, 4.69) is 10.6 Å². The third-order valence-electron chi connectivity index (χ3n) is 4.82. The number of benzene rings is 2. The third-order valence-corrected chi connectivity index (χ3v) is 5.16. The van der Waals surface area contributed by atoms with Crippen molar-refractivity contribution in [3.8, 4) is 0 Å². The number of halogens is 1. The van der Waals surface area contributed by atoms with Gasteiger partial charge in [0.05, 0.1) is 30.6 Å². The van der Waals surface area contributed by atoms with Crippen LogP contribution < -0.4 is 15.5 Å². The molecule has 0 spiro atoms. The number of hydrogen-bond donors (Lipinski definition) is 2. The lowest BCUT2D eigenvalue weighted by atomic mass is 10.1. The number of anilines is 1. The minimum atomic E-state index is -0.279. The molecular formula is C23H24ClN3O3. The Balaban J connectivity index is 1.64. The molecule has 6 nitrogen and oxygen atoms in total. The van der Waals surface area contributed by atoms with Crippen LogP contribution in [0.25, 0.3) is 0 Å². The van der Waals surface area contributed by atoms with Gasteiger partial charge in [-0.15, -0.1) is 0 Å². The van der Waals surface area contributed by atoms with Gasteiger partial charge in [0.1, 0.15) is 5.76 Å². The van der Waals surface area contributed by atoms with E-state index in [1.54, 1.807) is 49.7 Å². The Kier molecular flexibility index (Phi) is 7.27. The van der Waals surface area contributed by atoms with Crippen LogP contribution >= 0.6 is 11.6 Å². The van der Waals surface area contributed by atoms with Crippen LogP contribution in [0.3, 0.4) is 0 Å². The first-order valence-corrected chi connectivity index (χ1v) is 9.99. The van der Waals surface area contributed by atoms with Crippen LogP contribution in [-0.4, -0.2) is 25.4 Å². The van der Waals surface area contributed by atoms with Crippen molar-refractivity contribution in [2.75, 3.05) is 18.5 Å². The fourth-order valence-corrected chi connectivity index (χ4v) is 3.36. The minimum Gasteiger partial charge on any atom is -0.467 e. The molecule has 1 aromatic heterocycles. The van der Waals surface area contributed by atoms with Crippen molar-refractivity contribution < 1.29 is 14.0 Å². The molecule has 0 radical (unpaired) electrons. The first kappa shape index (κ1) is 21.6. The molecule has 2 aromatic carbocycles. The van der Waals surface area contributed by atoms with E-state index >= 15 is 0 Å². The van der Waals surface area contributed by atoms with E-state index in [4.69, 9.17) is 16.0 Å². The summed E-state index contributed by atoms with van der Waals surface area (Å²) in [6, 6.07) is 18.0. The number of carbonyl (C=O) groups excluding carboxylic acids is 2. The second-order valence-corrected chi connectivity index (χ2v) is 7.26. The van der Waals surface area contributed by atoms with Gasteiger partial charge in [-0.1, -0.05) is 41.9 Å². The number of amides is 2. The van der Waals surface area contributed by atoms with Gasteiger partial charge in [0.2, 0.25) is 5.91 Å². The van der Waals surface area contributed by atoms with E-state index in [9.17, 15) is 9.59 Å². The highest BCUT2D eigenvalue weighted by molar-refractivity contribution is 6.31. The molecule has 2 N–H and O–H groups in total. The van der Waals surface area contributed by atoms with Crippen molar-refractivity contribution in [2.45, 2.75) is 19.5 Å². The Morgan fingerprint density at radius 2 is 1.80 bits per heavy atom. The summed E-state index contributed by atoms with van der Waals surface area (Å²) in [5, 5.41) is 6.66. The monoisotopic (exact) mass is 425 g/mol. The molecule has 0 bridgehead atoms. The second-order valence-electron chi connectivity index (χ2n) is 6.86. The second kappa shape index (κ2) is 10.1. The summed E-state index contributed by atoms with van der Waals surface area (Å²) in [5.74, 6) is 0.210. The summed E-state index contributed by atoms with van der Waals surface area (Å²) < 4.78 is 5.24. The number of rotatable bonds is 8. The standard InChI is InChI=1S/C23H24ClN3O3/c1-16(18-9-3-5-11-20(18)24)25-15-22(28)27(2)21-12-6-4-10-19(21)23(29)26-14-17-8-7-13-30-17/h3-13,16,25H,14-15H2,1-2H3,(H,26,29)/t16-/m0/s1. The van der Waals surface area contributed by atoms with Gasteiger partial charge in [0.25, 0.3) is 5.91 Å². The molecule has 0 saturated heterocycles. The molecule has 0 aliphatic carbocycles. The molecular weight excluding hydrogens is 402 g/mol. The predicted octanol–water partition coefficient (Wildman–Crippen LogP) is 4.18. The fraction of sp³-hybridized carbons (Fsp3) is 0.217. The highest BCUT2D eigenvalue weighted by atomic mass is 35.5. The van der Waals surface area contributed by atoms with E-state index in [0.717, 1.165) is 5.56 Å². The Morgan fingerprint density at radius 1 is 1.07 bits per heavy atom. The van der Waals surface area contributed by atoms with E-state index in [0.29, 0.717) is 22.0 Å². The van der Waals surface area contributed by atoms with Crippen molar-refractivity contribution in [2.24, 2.45) is 0 Å². The fourth-order valence-electron chi connectivity index (χ4n) is 3.06. The number of para-hydroxylation sites is 1. The molecule has 0 aliphatic rings. The largest absolute Gasteiger partial charge is 0.467 e. The Hall–Kier alpha value is -3.09. The smallest absolute Gasteiger partial charge is 0.253 e. The summed E-state index contributed by atoms with van der Waals surface area (Å²) in [7, 11) is 1.66. The lowest BCUT2D eigenvalue weighted by molar-refractivity contribution is -0.117. The van der Waals surface area contributed by atoms with Gasteiger partial charge in [0.15, 0.2) is 0 Å². The van der Waals surface area contributed by atoms with Gasteiger partial charge in [-0.05, 0) is 42.8 Å². The third kappa shape index (κ3) is 5.28. The Morgan fingerprint density at radius 3 is 2.53 bits per heavy atom. The SMILES string of the molecule is C[C@H](NCC(=O)N(C)c1ccccc1C(=O)NCc1ccco1)c1ccccc1Cl. The van der Waals surface area contributed by atoms with E-state index in [-0.39, 0.29) is 30.9 Å². The average Bonchev–Trinajstić information content (AvgIpc) is 3.29.